The van der Waals surface area contributed by atoms with Gasteiger partial charge in [-0.1, -0.05) is 28.9 Å². The SMILES string of the molecule is CC1CC=C(Br)C(C(=O)N(C)C)=C1O. The molecule has 0 bridgehead atoms. The zero-order valence-corrected chi connectivity index (χ0v) is 10.1. The predicted octanol–water partition coefficient (Wildman–Crippen LogP) is 2.21. The quantitative estimate of drug-likeness (QED) is 0.785. The predicted molar refractivity (Wildman–Crippen MR) is 59.1 cm³/mol. The summed E-state index contributed by atoms with van der Waals surface area (Å²) < 4.78 is 0.687. The second-order valence-corrected chi connectivity index (χ2v) is 4.50. The van der Waals surface area contributed by atoms with Crippen LogP contribution < -0.4 is 0 Å². The summed E-state index contributed by atoms with van der Waals surface area (Å²) in [5.74, 6) is 0.0328. The molecule has 0 radical (unpaired) electrons. The van der Waals surface area contributed by atoms with Gasteiger partial charge in [-0.25, -0.2) is 0 Å². The first-order valence-corrected chi connectivity index (χ1v) is 5.25. The van der Waals surface area contributed by atoms with Gasteiger partial charge in [0.1, 0.15) is 5.76 Å². The summed E-state index contributed by atoms with van der Waals surface area (Å²) in [6, 6.07) is 0. The highest BCUT2D eigenvalue weighted by Crippen LogP contribution is 2.32. The first kappa shape index (κ1) is 11.3. The molecular formula is C10H14BrNO2. The molecule has 0 heterocycles. The van der Waals surface area contributed by atoms with E-state index in [2.05, 4.69) is 15.9 Å². The molecule has 0 saturated carbocycles. The number of aliphatic hydroxyl groups excluding tert-OH is 1. The topological polar surface area (TPSA) is 40.5 Å². The van der Waals surface area contributed by atoms with Gasteiger partial charge >= 0.3 is 0 Å². The van der Waals surface area contributed by atoms with Crippen molar-refractivity contribution in [2.24, 2.45) is 5.92 Å². The Bertz CT molecular complexity index is 318. The van der Waals surface area contributed by atoms with Crippen LogP contribution in [0, 0.1) is 5.92 Å². The summed E-state index contributed by atoms with van der Waals surface area (Å²) in [5.41, 5.74) is 0.383. The third-order valence-corrected chi connectivity index (χ3v) is 2.95. The molecule has 1 rings (SSSR count). The van der Waals surface area contributed by atoms with Crippen molar-refractivity contribution < 1.29 is 9.90 Å². The van der Waals surface area contributed by atoms with Crippen molar-refractivity contribution in [3.63, 3.8) is 0 Å². The molecule has 14 heavy (non-hydrogen) atoms. The summed E-state index contributed by atoms with van der Waals surface area (Å²) in [6.45, 7) is 1.90. The van der Waals surface area contributed by atoms with Gasteiger partial charge in [-0.15, -0.1) is 0 Å². The van der Waals surface area contributed by atoms with Crippen LogP contribution in [0.1, 0.15) is 13.3 Å². The molecule has 0 aromatic rings. The standard InChI is InChI=1S/C10H14BrNO2/c1-6-4-5-7(11)8(9(6)13)10(14)12(2)3/h5-6,13H,4H2,1-3H3. The molecule has 0 spiro atoms. The second-order valence-electron chi connectivity index (χ2n) is 3.65. The number of carbonyl (C=O) groups is 1. The lowest BCUT2D eigenvalue weighted by atomic mass is 9.95. The first-order chi connectivity index (χ1) is 6.45. The third kappa shape index (κ3) is 2.00. The van der Waals surface area contributed by atoms with E-state index in [0.717, 1.165) is 6.42 Å². The van der Waals surface area contributed by atoms with Crippen LogP contribution >= 0.6 is 15.9 Å². The van der Waals surface area contributed by atoms with Crippen LogP contribution in [0.15, 0.2) is 21.9 Å². The van der Waals surface area contributed by atoms with E-state index >= 15 is 0 Å². The highest BCUT2D eigenvalue weighted by Gasteiger charge is 2.26. The van der Waals surface area contributed by atoms with Crippen LogP contribution in [-0.4, -0.2) is 30.0 Å². The van der Waals surface area contributed by atoms with Gasteiger partial charge in [0.2, 0.25) is 0 Å². The van der Waals surface area contributed by atoms with E-state index in [1.54, 1.807) is 14.1 Å². The summed E-state index contributed by atoms with van der Waals surface area (Å²) >= 11 is 3.29. The van der Waals surface area contributed by atoms with Crippen molar-refractivity contribution in [3.05, 3.63) is 21.9 Å². The maximum atomic E-state index is 11.7. The molecule has 0 saturated heterocycles. The van der Waals surface area contributed by atoms with Crippen LogP contribution in [0.3, 0.4) is 0 Å². The minimum Gasteiger partial charge on any atom is -0.511 e. The van der Waals surface area contributed by atoms with Gasteiger partial charge in [0.25, 0.3) is 5.91 Å². The van der Waals surface area contributed by atoms with Gasteiger partial charge in [0, 0.05) is 24.5 Å². The first-order valence-electron chi connectivity index (χ1n) is 4.46. The Labute approximate surface area is 92.2 Å². The summed E-state index contributed by atoms with van der Waals surface area (Å²) in [5, 5.41) is 9.79. The van der Waals surface area contributed by atoms with Crippen LogP contribution in [0.2, 0.25) is 0 Å². The van der Waals surface area contributed by atoms with Crippen LogP contribution in [0.5, 0.6) is 0 Å². The number of aliphatic hydroxyl groups is 1. The lowest BCUT2D eigenvalue weighted by Crippen LogP contribution is -2.26. The van der Waals surface area contributed by atoms with Crippen LogP contribution in [-0.2, 0) is 4.79 Å². The Hall–Kier alpha value is -0.770. The number of rotatable bonds is 1. The minimum atomic E-state index is -0.169. The maximum absolute atomic E-state index is 11.7. The van der Waals surface area contributed by atoms with Gasteiger partial charge < -0.3 is 10.0 Å². The van der Waals surface area contributed by atoms with E-state index in [9.17, 15) is 9.90 Å². The molecule has 0 fully saturated rings. The van der Waals surface area contributed by atoms with Gasteiger partial charge in [-0.3, -0.25) is 4.79 Å². The Balaban J connectivity index is 3.10. The molecule has 1 aliphatic carbocycles. The molecule has 4 heteroatoms. The number of allylic oxidation sites excluding steroid dienone is 2. The largest absolute Gasteiger partial charge is 0.511 e. The Morgan fingerprint density at radius 1 is 1.64 bits per heavy atom. The molecule has 1 unspecified atom stereocenters. The second kappa shape index (κ2) is 4.17. The zero-order valence-electron chi connectivity index (χ0n) is 8.54. The highest BCUT2D eigenvalue weighted by molar-refractivity contribution is 9.12. The monoisotopic (exact) mass is 259 g/mol. The Kier molecular flexibility index (Phi) is 3.37. The van der Waals surface area contributed by atoms with E-state index in [1.165, 1.54) is 4.90 Å². The summed E-state index contributed by atoms with van der Waals surface area (Å²) in [4.78, 5) is 13.2. The number of hydrogen-bond donors (Lipinski definition) is 1. The fraction of sp³-hybridized carbons (Fsp3) is 0.500. The van der Waals surface area contributed by atoms with Crippen molar-refractivity contribution in [2.45, 2.75) is 13.3 Å². The number of hydrogen-bond acceptors (Lipinski definition) is 2. The van der Waals surface area contributed by atoms with Crippen molar-refractivity contribution >= 4 is 21.8 Å². The molecule has 1 amide bonds. The molecule has 0 aliphatic heterocycles. The third-order valence-electron chi connectivity index (χ3n) is 2.23. The van der Waals surface area contributed by atoms with Gasteiger partial charge in [0.15, 0.2) is 0 Å². The minimum absolute atomic E-state index is 0.0233. The number of halogens is 1. The summed E-state index contributed by atoms with van der Waals surface area (Å²) in [6.07, 6.45) is 2.68. The van der Waals surface area contributed by atoms with Crippen molar-refractivity contribution in [1.29, 1.82) is 0 Å². The molecule has 0 aromatic heterocycles. The van der Waals surface area contributed by atoms with E-state index in [-0.39, 0.29) is 17.6 Å². The zero-order chi connectivity index (χ0) is 10.9. The van der Waals surface area contributed by atoms with E-state index < -0.39 is 0 Å². The number of carbonyl (C=O) groups excluding carboxylic acids is 1. The average molecular weight is 260 g/mol. The molecule has 78 valence electrons. The molecule has 1 N–H and O–H groups in total. The smallest absolute Gasteiger partial charge is 0.257 e. The lowest BCUT2D eigenvalue weighted by molar-refractivity contribution is -0.124. The Morgan fingerprint density at radius 3 is 2.71 bits per heavy atom. The van der Waals surface area contributed by atoms with Crippen LogP contribution in [0.25, 0.3) is 0 Å². The van der Waals surface area contributed by atoms with Gasteiger partial charge in [-0.2, -0.15) is 0 Å². The molecule has 1 aliphatic rings. The lowest BCUT2D eigenvalue weighted by Gasteiger charge is -2.21. The Morgan fingerprint density at radius 2 is 2.21 bits per heavy atom. The maximum Gasteiger partial charge on any atom is 0.257 e. The molecule has 0 aromatic carbocycles. The van der Waals surface area contributed by atoms with Gasteiger partial charge in [-0.05, 0) is 6.42 Å². The highest BCUT2D eigenvalue weighted by atomic mass is 79.9. The number of nitrogens with zero attached hydrogens (tertiary/aromatic N) is 1. The van der Waals surface area contributed by atoms with Crippen LogP contribution in [0.4, 0.5) is 0 Å². The molecular weight excluding hydrogens is 246 g/mol. The van der Waals surface area contributed by atoms with Crippen molar-refractivity contribution in [2.75, 3.05) is 14.1 Å². The fourth-order valence-corrected chi connectivity index (χ4v) is 1.86. The van der Waals surface area contributed by atoms with Gasteiger partial charge in [0.05, 0.1) is 5.57 Å². The van der Waals surface area contributed by atoms with Crippen molar-refractivity contribution in [1.82, 2.24) is 4.90 Å². The summed E-state index contributed by atoms with van der Waals surface area (Å²) in [7, 11) is 3.34. The fourth-order valence-electron chi connectivity index (χ4n) is 1.30. The molecule has 3 nitrogen and oxygen atoms in total. The van der Waals surface area contributed by atoms with E-state index in [4.69, 9.17) is 0 Å². The average Bonchev–Trinajstić information content (AvgIpc) is 2.12. The molecule has 1 atom stereocenters. The van der Waals surface area contributed by atoms with E-state index in [0.29, 0.717) is 10.1 Å². The number of amides is 1. The number of likely N-dealkylation sites (N-methyl/N-ethyl adjacent to an activating group) is 1. The normalized spacial score (nSPS) is 22.0. The van der Waals surface area contributed by atoms with Crippen molar-refractivity contribution in [3.8, 4) is 0 Å². The van der Waals surface area contributed by atoms with E-state index in [1.807, 2.05) is 13.0 Å².